The van der Waals surface area contributed by atoms with E-state index in [1.807, 2.05) is 6.07 Å². The van der Waals surface area contributed by atoms with E-state index in [9.17, 15) is 19.8 Å². The molecule has 3 aromatic carbocycles. The summed E-state index contributed by atoms with van der Waals surface area (Å²) in [7, 11) is 0. The number of phenolic OH excluding ortho intramolecular Hbond substituents is 2. The van der Waals surface area contributed by atoms with Crippen molar-refractivity contribution in [2.24, 2.45) is 0 Å². The van der Waals surface area contributed by atoms with Crippen molar-refractivity contribution in [3.8, 4) is 11.5 Å². The van der Waals surface area contributed by atoms with Crippen LogP contribution in [0.2, 0.25) is 0 Å². The van der Waals surface area contributed by atoms with Crippen molar-refractivity contribution in [3.05, 3.63) is 94.0 Å². The lowest BCUT2D eigenvalue weighted by atomic mass is 9.89. The van der Waals surface area contributed by atoms with Gasteiger partial charge in [-0.25, -0.2) is 0 Å². The van der Waals surface area contributed by atoms with Crippen LogP contribution < -0.4 is 0 Å². The standard InChI is InChI=1S/C22H18O4/c1-13-8-6-7-11-16(13)22(26)19-17(12-18(23)14(2)20(19)24)21(25)15-9-4-3-5-10-15/h3-12,23-24H,1-2H3. The van der Waals surface area contributed by atoms with Crippen molar-refractivity contribution in [1.29, 1.82) is 0 Å². The molecule has 0 saturated carbocycles. The van der Waals surface area contributed by atoms with Crippen LogP contribution >= 0.6 is 0 Å². The fraction of sp³-hybridized carbons (Fsp3) is 0.0909. The van der Waals surface area contributed by atoms with Crippen molar-refractivity contribution in [3.63, 3.8) is 0 Å². The molecule has 0 bridgehead atoms. The first-order valence-electron chi connectivity index (χ1n) is 8.17. The molecule has 0 heterocycles. The van der Waals surface area contributed by atoms with E-state index in [1.165, 1.54) is 13.0 Å². The Morgan fingerprint density at radius 3 is 2.04 bits per heavy atom. The first-order chi connectivity index (χ1) is 12.4. The van der Waals surface area contributed by atoms with Gasteiger partial charge in [-0.05, 0) is 25.5 Å². The van der Waals surface area contributed by atoms with Gasteiger partial charge in [-0.15, -0.1) is 0 Å². The molecule has 3 aromatic rings. The van der Waals surface area contributed by atoms with Gasteiger partial charge in [-0.1, -0.05) is 54.6 Å². The number of phenols is 2. The molecule has 0 aliphatic heterocycles. The summed E-state index contributed by atoms with van der Waals surface area (Å²) >= 11 is 0. The summed E-state index contributed by atoms with van der Waals surface area (Å²) in [6.45, 7) is 3.28. The molecule has 0 fully saturated rings. The van der Waals surface area contributed by atoms with E-state index in [-0.39, 0.29) is 28.2 Å². The summed E-state index contributed by atoms with van der Waals surface area (Å²) in [4.78, 5) is 26.0. The van der Waals surface area contributed by atoms with Crippen LogP contribution in [0, 0.1) is 13.8 Å². The van der Waals surface area contributed by atoms with Crippen molar-refractivity contribution in [2.75, 3.05) is 0 Å². The summed E-state index contributed by atoms with van der Waals surface area (Å²) in [5, 5.41) is 20.6. The lowest BCUT2D eigenvalue weighted by molar-refractivity contribution is 0.1000. The lowest BCUT2D eigenvalue weighted by Crippen LogP contribution is -2.13. The third kappa shape index (κ3) is 2.97. The summed E-state index contributed by atoms with van der Waals surface area (Å²) in [6.07, 6.45) is 0. The first kappa shape index (κ1) is 17.4. The predicted octanol–water partition coefficient (Wildman–Crippen LogP) is 4.18. The Morgan fingerprint density at radius 2 is 1.38 bits per heavy atom. The van der Waals surface area contributed by atoms with Gasteiger partial charge in [0.15, 0.2) is 11.6 Å². The molecule has 0 aliphatic carbocycles. The summed E-state index contributed by atoms with van der Waals surface area (Å²) in [6, 6.07) is 16.7. The fourth-order valence-electron chi connectivity index (χ4n) is 2.87. The Morgan fingerprint density at radius 1 is 0.769 bits per heavy atom. The summed E-state index contributed by atoms with van der Waals surface area (Å²) in [5.41, 5.74) is 1.55. The minimum Gasteiger partial charge on any atom is -0.508 e. The number of ketones is 2. The maximum atomic E-state index is 13.1. The van der Waals surface area contributed by atoms with Crippen LogP contribution in [0.3, 0.4) is 0 Å². The smallest absolute Gasteiger partial charge is 0.197 e. The second kappa shape index (κ2) is 6.84. The Balaban J connectivity index is 2.24. The number of carbonyl (C=O) groups is 2. The maximum Gasteiger partial charge on any atom is 0.197 e. The van der Waals surface area contributed by atoms with E-state index >= 15 is 0 Å². The highest BCUT2D eigenvalue weighted by Crippen LogP contribution is 2.35. The topological polar surface area (TPSA) is 74.6 Å². The van der Waals surface area contributed by atoms with Gasteiger partial charge in [0.2, 0.25) is 0 Å². The number of aryl methyl sites for hydroxylation is 1. The molecule has 0 radical (unpaired) electrons. The van der Waals surface area contributed by atoms with Gasteiger partial charge in [0.1, 0.15) is 11.5 Å². The molecule has 26 heavy (non-hydrogen) atoms. The highest BCUT2D eigenvalue weighted by Gasteiger charge is 2.26. The van der Waals surface area contributed by atoms with Crippen LogP contribution in [0.25, 0.3) is 0 Å². The molecule has 0 saturated heterocycles. The van der Waals surface area contributed by atoms with Crippen LogP contribution in [-0.4, -0.2) is 21.8 Å². The molecule has 0 aliphatic rings. The van der Waals surface area contributed by atoms with Gasteiger partial charge in [0, 0.05) is 22.3 Å². The predicted molar refractivity (Wildman–Crippen MR) is 99.0 cm³/mol. The average molecular weight is 346 g/mol. The van der Waals surface area contributed by atoms with Gasteiger partial charge in [-0.3, -0.25) is 9.59 Å². The molecule has 0 amide bonds. The minimum absolute atomic E-state index is 0.0231. The number of carbonyl (C=O) groups excluding carboxylic acids is 2. The highest BCUT2D eigenvalue weighted by atomic mass is 16.3. The van der Waals surface area contributed by atoms with Crippen LogP contribution in [0.4, 0.5) is 0 Å². The van der Waals surface area contributed by atoms with Crippen molar-refractivity contribution in [1.82, 2.24) is 0 Å². The third-order valence-electron chi connectivity index (χ3n) is 4.42. The molecule has 2 N–H and O–H groups in total. The summed E-state index contributed by atoms with van der Waals surface area (Å²) < 4.78 is 0. The summed E-state index contributed by atoms with van der Waals surface area (Å²) in [5.74, 6) is -1.50. The van der Waals surface area contributed by atoms with Gasteiger partial charge in [0.25, 0.3) is 0 Å². The van der Waals surface area contributed by atoms with Crippen molar-refractivity contribution in [2.45, 2.75) is 13.8 Å². The molecule has 4 heteroatoms. The van der Waals surface area contributed by atoms with Gasteiger partial charge in [0.05, 0.1) is 5.56 Å². The minimum atomic E-state index is -0.456. The van der Waals surface area contributed by atoms with Gasteiger partial charge < -0.3 is 10.2 Å². The van der Waals surface area contributed by atoms with Crippen LogP contribution in [-0.2, 0) is 0 Å². The zero-order chi connectivity index (χ0) is 18.8. The fourth-order valence-corrected chi connectivity index (χ4v) is 2.87. The van der Waals surface area contributed by atoms with Gasteiger partial charge in [-0.2, -0.15) is 0 Å². The molecule has 0 spiro atoms. The molecule has 130 valence electrons. The third-order valence-corrected chi connectivity index (χ3v) is 4.42. The highest BCUT2D eigenvalue weighted by molar-refractivity contribution is 6.21. The first-order valence-corrected chi connectivity index (χ1v) is 8.17. The quantitative estimate of drug-likeness (QED) is 0.695. The molecule has 0 atom stereocenters. The zero-order valence-corrected chi connectivity index (χ0v) is 14.5. The van der Waals surface area contributed by atoms with Crippen LogP contribution in [0.5, 0.6) is 11.5 Å². The van der Waals surface area contributed by atoms with E-state index < -0.39 is 11.6 Å². The second-order valence-electron chi connectivity index (χ2n) is 6.13. The van der Waals surface area contributed by atoms with Crippen molar-refractivity contribution < 1.29 is 19.8 Å². The Bertz CT molecular complexity index is 1000. The maximum absolute atomic E-state index is 13.1. The molecule has 0 aromatic heterocycles. The van der Waals surface area contributed by atoms with E-state index in [0.717, 1.165) is 5.56 Å². The number of rotatable bonds is 4. The molecular weight excluding hydrogens is 328 g/mol. The number of hydrogen-bond acceptors (Lipinski definition) is 4. The van der Waals surface area contributed by atoms with E-state index in [2.05, 4.69) is 0 Å². The molecule has 4 nitrogen and oxygen atoms in total. The van der Waals surface area contributed by atoms with Crippen LogP contribution in [0.15, 0.2) is 60.7 Å². The SMILES string of the molecule is Cc1ccccc1C(=O)c1c(C(=O)c2ccccc2)cc(O)c(C)c1O. The largest absolute Gasteiger partial charge is 0.508 e. The van der Waals surface area contributed by atoms with Crippen molar-refractivity contribution >= 4 is 11.6 Å². The van der Waals surface area contributed by atoms with E-state index in [0.29, 0.717) is 11.1 Å². The van der Waals surface area contributed by atoms with E-state index in [1.54, 1.807) is 55.5 Å². The monoisotopic (exact) mass is 346 g/mol. The Hall–Kier alpha value is -3.40. The Kier molecular flexibility index (Phi) is 4.59. The number of aromatic hydroxyl groups is 2. The zero-order valence-electron chi connectivity index (χ0n) is 14.5. The normalized spacial score (nSPS) is 10.5. The number of benzene rings is 3. The average Bonchev–Trinajstić information content (AvgIpc) is 2.66. The van der Waals surface area contributed by atoms with Crippen LogP contribution in [0.1, 0.15) is 43.0 Å². The number of hydrogen-bond donors (Lipinski definition) is 2. The van der Waals surface area contributed by atoms with E-state index in [4.69, 9.17) is 0 Å². The molecule has 0 unspecified atom stereocenters. The lowest BCUT2D eigenvalue weighted by Gasteiger charge is -2.14. The van der Waals surface area contributed by atoms with Gasteiger partial charge >= 0.3 is 0 Å². The Labute approximate surface area is 151 Å². The molecule has 3 rings (SSSR count). The second-order valence-corrected chi connectivity index (χ2v) is 6.13. The molecular formula is C22H18O4.